The van der Waals surface area contributed by atoms with Gasteiger partial charge in [-0.25, -0.2) is 4.79 Å². The molecule has 1 unspecified atom stereocenters. The van der Waals surface area contributed by atoms with E-state index in [1.165, 1.54) is 0 Å². The molecule has 1 heterocycles. The number of carbonyl (C=O) groups is 1. The Balaban J connectivity index is 1.73. The van der Waals surface area contributed by atoms with Crippen LogP contribution < -0.4 is 15.5 Å². The number of ether oxygens (including phenoxy) is 1. The van der Waals surface area contributed by atoms with Gasteiger partial charge in [-0.05, 0) is 35.9 Å². The van der Waals surface area contributed by atoms with Gasteiger partial charge in [0.25, 0.3) is 0 Å². The van der Waals surface area contributed by atoms with Crippen molar-refractivity contribution in [3.8, 4) is 5.75 Å². The van der Waals surface area contributed by atoms with Crippen LogP contribution in [0, 0.1) is 0 Å². The van der Waals surface area contributed by atoms with Gasteiger partial charge in [0.1, 0.15) is 5.75 Å². The summed E-state index contributed by atoms with van der Waals surface area (Å²) < 4.78 is 5.35. The zero-order chi connectivity index (χ0) is 20.2. The number of benzene rings is 3. The number of para-hydroxylation sites is 1. The topological polar surface area (TPSA) is 71.2 Å². The van der Waals surface area contributed by atoms with Crippen LogP contribution in [0.3, 0.4) is 0 Å². The monoisotopic (exact) mass is 404 g/mol. The number of carbonyl (C=O) groups excluding carboxylic acids is 1. The summed E-state index contributed by atoms with van der Waals surface area (Å²) in [7, 11) is 0. The third kappa shape index (κ3) is 4.15. The van der Waals surface area contributed by atoms with E-state index in [1.54, 1.807) is 48.7 Å². The fraction of sp³-hybridized carbons (Fsp3) is 0.0435. The molecule has 2 N–H and O–H groups in total. The van der Waals surface area contributed by atoms with Gasteiger partial charge < -0.3 is 15.0 Å². The Bertz CT molecular complexity index is 1210. The molecule has 0 spiro atoms. The molecule has 0 fully saturated rings. The number of amides is 1. The quantitative estimate of drug-likeness (QED) is 0.499. The Morgan fingerprint density at radius 1 is 0.966 bits per heavy atom. The van der Waals surface area contributed by atoms with Crippen molar-refractivity contribution in [2.45, 2.75) is 6.04 Å². The average molecular weight is 405 g/mol. The minimum absolute atomic E-state index is 0.190. The largest absolute Gasteiger partial charge is 0.413 e. The fourth-order valence-electron chi connectivity index (χ4n) is 3.15. The van der Waals surface area contributed by atoms with E-state index in [0.29, 0.717) is 27.2 Å². The van der Waals surface area contributed by atoms with Crippen LogP contribution in [0.4, 0.5) is 4.79 Å². The van der Waals surface area contributed by atoms with Gasteiger partial charge in [-0.1, -0.05) is 60.1 Å². The highest BCUT2D eigenvalue weighted by Gasteiger charge is 2.22. The van der Waals surface area contributed by atoms with Gasteiger partial charge >= 0.3 is 6.09 Å². The summed E-state index contributed by atoms with van der Waals surface area (Å²) >= 11 is 6.02. The first-order valence-corrected chi connectivity index (χ1v) is 9.39. The first-order valence-electron chi connectivity index (χ1n) is 9.01. The van der Waals surface area contributed by atoms with Crippen molar-refractivity contribution in [3.05, 3.63) is 111 Å². The highest BCUT2D eigenvalue weighted by atomic mass is 35.5. The number of rotatable bonds is 4. The van der Waals surface area contributed by atoms with Crippen LogP contribution in [-0.4, -0.2) is 11.1 Å². The van der Waals surface area contributed by atoms with Gasteiger partial charge in [-0.15, -0.1) is 0 Å². The second kappa shape index (κ2) is 8.20. The lowest BCUT2D eigenvalue weighted by molar-refractivity contribution is 0.198. The van der Waals surface area contributed by atoms with E-state index >= 15 is 0 Å². The standard InChI is InChI=1S/C23H17ClN2O3/c24-16-11-12-18-20(13-16)25-14-19(22(18)27)21(15-7-3-1-4-8-15)26-23(28)29-17-9-5-2-6-10-17/h1-14,21H,(H,25,27)(H,26,28). The average Bonchev–Trinajstić information content (AvgIpc) is 2.74. The Morgan fingerprint density at radius 2 is 1.66 bits per heavy atom. The van der Waals surface area contributed by atoms with Crippen LogP contribution in [0.2, 0.25) is 5.02 Å². The van der Waals surface area contributed by atoms with Crippen LogP contribution >= 0.6 is 11.6 Å². The minimum atomic E-state index is -0.684. The third-order valence-electron chi connectivity index (χ3n) is 4.53. The lowest BCUT2D eigenvalue weighted by Gasteiger charge is -2.19. The zero-order valence-corrected chi connectivity index (χ0v) is 16.0. The molecule has 1 aromatic heterocycles. The van der Waals surface area contributed by atoms with E-state index in [9.17, 15) is 9.59 Å². The molecule has 6 heteroatoms. The Hall–Kier alpha value is -3.57. The van der Waals surface area contributed by atoms with E-state index in [-0.39, 0.29) is 5.43 Å². The molecule has 29 heavy (non-hydrogen) atoms. The van der Waals surface area contributed by atoms with Gasteiger partial charge in [0.15, 0.2) is 5.43 Å². The van der Waals surface area contributed by atoms with Crippen LogP contribution in [0.1, 0.15) is 17.2 Å². The lowest BCUT2D eigenvalue weighted by atomic mass is 9.98. The molecule has 144 valence electrons. The second-order valence-electron chi connectivity index (χ2n) is 6.45. The third-order valence-corrected chi connectivity index (χ3v) is 4.77. The molecule has 4 aromatic rings. The highest BCUT2D eigenvalue weighted by molar-refractivity contribution is 6.31. The molecular weight excluding hydrogens is 388 g/mol. The van der Waals surface area contributed by atoms with Crippen molar-refractivity contribution in [1.29, 1.82) is 0 Å². The SMILES string of the molecule is O=C(NC(c1ccccc1)c1c[nH]c2cc(Cl)ccc2c1=O)Oc1ccccc1. The molecule has 1 amide bonds. The summed E-state index contributed by atoms with van der Waals surface area (Å²) in [5.41, 5.74) is 1.60. The molecular formula is C23H17ClN2O3. The molecule has 1 atom stereocenters. The van der Waals surface area contributed by atoms with E-state index in [1.807, 2.05) is 36.4 Å². The molecule has 3 aromatic carbocycles. The predicted molar refractivity (Wildman–Crippen MR) is 113 cm³/mol. The number of halogens is 1. The van der Waals surface area contributed by atoms with Gasteiger partial charge in [-0.3, -0.25) is 4.79 Å². The summed E-state index contributed by atoms with van der Waals surface area (Å²) in [6, 6.07) is 22.4. The van der Waals surface area contributed by atoms with Crippen LogP contribution in [-0.2, 0) is 0 Å². The van der Waals surface area contributed by atoms with Crippen molar-refractivity contribution >= 4 is 28.6 Å². The molecule has 0 bridgehead atoms. The number of fused-ring (bicyclic) bond motifs is 1. The van der Waals surface area contributed by atoms with E-state index in [2.05, 4.69) is 10.3 Å². The molecule has 4 rings (SSSR count). The Morgan fingerprint density at radius 3 is 2.38 bits per heavy atom. The number of hydrogen-bond donors (Lipinski definition) is 2. The fourth-order valence-corrected chi connectivity index (χ4v) is 3.33. The molecule has 0 saturated heterocycles. The zero-order valence-electron chi connectivity index (χ0n) is 15.3. The van der Waals surface area contributed by atoms with Crippen LogP contribution in [0.25, 0.3) is 10.9 Å². The van der Waals surface area contributed by atoms with Gasteiger partial charge in [-0.2, -0.15) is 0 Å². The number of pyridine rings is 1. The molecule has 0 radical (unpaired) electrons. The summed E-state index contributed by atoms with van der Waals surface area (Å²) in [4.78, 5) is 28.8. The van der Waals surface area contributed by atoms with E-state index < -0.39 is 12.1 Å². The predicted octanol–water partition coefficient (Wildman–Crippen LogP) is 5.06. The molecule has 0 saturated carbocycles. The highest BCUT2D eigenvalue weighted by Crippen LogP contribution is 2.22. The second-order valence-corrected chi connectivity index (χ2v) is 6.89. The smallest absolute Gasteiger partial charge is 0.410 e. The molecule has 0 aliphatic heterocycles. The number of nitrogens with one attached hydrogen (secondary N) is 2. The van der Waals surface area contributed by atoms with Gasteiger partial charge in [0.2, 0.25) is 0 Å². The summed E-state index contributed by atoms with van der Waals surface area (Å²) in [6.07, 6.45) is 0.946. The summed E-state index contributed by atoms with van der Waals surface area (Å²) in [5.74, 6) is 0.416. The number of aromatic nitrogens is 1. The maximum atomic E-state index is 13.1. The normalized spacial score (nSPS) is 11.8. The van der Waals surface area contributed by atoms with Crippen molar-refractivity contribution in [1.82, 2.24) is 10.3 Å². The van der Waals surface area contributed by atoms with Crippen molar-refractivity contribution in [2.75, 3.05) is 0 Å². The molecule has 0 aliphatic carbocycles. The first-order chi connectivity index (χ1) is 14.1. The lowest BCUT2D eigenvalue weighted by Crippen LogP contribution is -2.34. The van der Waals surface area contributed by atoms with Crippen molar-refractivity contribution in [2.24, 2.45) is 0 Å². The van der Waals surface area contributed by atoms with Crippen molar-refractivity contribution < 1.29 is 9.53 Å². The van der Waals surface area contributed by atoms with Crippen LogP contribution in [0.15, 0.2) is 89.9 Å². The number of aromatic amines is 1. The summed E-state index contributed by atoms with van der Waals surface area (Å²) in [6.45, 7) is 0. The molecule has 0 aliphatic rings. The molecule has 5 nitrogen and oxygen atoms in total. The maximum absolute atomic E-state index is 13.1. The van der Waals surface area contributed by atoms with E-state index in [4.69, 9.17) is 16.3 Å². The van der Waals surface area contributed by atoms with Crippen LogP contribution in [0.5, 0.6) is 5.75 Å². The Kier molecular flexibility index (Phi) is 5.31. The van der Waals surface area contributed by atoms with Gasteiger partial charge in [0, 0.05) is 22.2 Å². The summed E-state index contributed by atoms with van der Waals surface area (Å²) in [5, 5.41) is 3.83. The maximum Gasteiger partial charge on any atom is 0.413 e. The van der Waals surface area contributed by atoms with E-state index in [0.717, 1.165) is 5.56 Å². The minimum Gasteiger partial charge on any atom is -0.410 e. The Labute approximate surface area is 171 Å². The number of hydrogen-bond acceptors (Lipinski definition) is 3. The number of H-pyrrole nitrogens is 1. The van der Waals surface area contributed by atoms with Gasteiger partial charge in [0.05, 0.1) is 11.6 Å². The first kappa shape index (κ1) is 18.8. The van der Waals surface area contributed by atoms with Crippen molar-refractivity contribution in [3.63, 3.8) is 0 Å².